The maximum atomic E-state index is 5.93. The molecule has 2 heterocycles. The molecule has 0 saturated carbocycles. The van der Waals surface area contributed by atoms with Gasteiger partial charge in [0.15, 0.2) is 5.82 Å². The SMILES string of the molecule is c1ccc(-n2ccc(COc3ccccc3-c3ncn[nH]3)n2)cc1. The molecule has 0 radical (unpaired) electrons. The third kappa shape index (κ3) is 2.89. The van der Waals surface area contributed by atoms with Gasteiger partial charge in [0.2, 0.25) is 0 Å². The van der Waals surface area contributed by atoms with Crippen LogP contribution in [-0.2, 0) is 6.61 Å². The summed E-state index contributed by atoms with van der Waals surface area (Å²) in [5, 5.41) is 11.3. The fourth-order valence-electron chi connectivity index (χ4n) is 2.44. The van der Waals surface area contributed by atoms with Crippen molar-refractivity contribution in [2.75, 3.05) is 0 Å². The van der Waals surface area contributed by atoms with E-state index in [0.29, 0.717) is 12.4 Å². The first-order valence-electron chi connectivity index (χ1n) is 7.58. The predicted molar refractivity (Wildman–Crippen MR) is 89.7 cm³/mol. The Hall–Kier alpha value is -3.41. The first kappa shape index (κ1) is 14.2. The molecule has 0 unspecified atom stereocenters. The van der Waals surface area contributed by atoms with Crippen LogP contribution >= 0.6 is 0 Å². The molecule has 0 fully saturated rings. The number of hydrogen-bond acceptors (Lipinski definition) is 4. The molecule has 0 aliphatic carbocycles. The lowest BCUT2D eigenvalue weighted by Crippen LogP contribution is -2.00. The van der Waals surface area contributed by atoms with Crippen LogP contribution in [0.3, 0.4) is 0 Å². The Bertz CT molecular complexity index is 916. The van der Waals surface area contributed by atoms with Crippen molar-refractivity contribution in [1.29, 1.82) is 0 Å². The second kappa shape index (κ2) is 6.37. The maximum absolute atomic E-state index is 5.93. The van der Waals surface area contributed by atoms with Crippen molar-refractivity contribution < 1.29 is 4.74 Å². The number of nitrogens with zero attached hydrogens (tertiary/aromatic N) is 4. The van der Waals surface area contributed by atoms with Crippen LogP contribution in [0.2, 0.25) is 0 Å². The lowest BCUT2D eigenvalue weighted by Gasteiger charge is -2.08. The molecule has 4 rings (SSSR count). The quantitative estimate of drug-likeness (QED) is 0.613. The molecule has 4 aromatic rings. The first-order valence-corrected chi connectivity index (χ1v) is 7.58. The summed E-state index contributed by atoms with van der Waals surface area (Å²) >= 11 is 0. The molecular weight excluding hydrogens is 302 g/mol. The summed E-state index contributed by atoms with van der Waals surface area (Å²) in [4.78, 5) is 4.18. The van der Waals surface area contributed by atoms with Crippen molar-refractivity contribution in [2.45, 2.75) is 6.61 Å². The zero-order valence-electron chi connectivity index (χ0n) is 12.8. The van der Waals surface area contributed by atoms with Gasteiger partial charge in [-0.1, -0.05) is 30.3 Å². The molecule has 6 heteroatoms. The standard InChI is InChI=1S/C18H15N5O/c1-2-6-15(7-3-1)23-11-10-14(22-23)12-24-17-9-5-4-8-16(17)18-19-13-20-21-18/h1-11,13H,12H2,(H,19,20,21). The van der Waals surface area contributed by atoms with Crippen LogP contribution in [0.5, 0.6) is 5.75 Å². The van der Waals surface area contributed by atoms with Gasteiger partial charge in [-0.05, 0) is 30.3 Å². The van der Waals surface area contributed by atoms with Crippen molar-refractivity contribution in [2.24, 2.45) is 0 Å². The number of benzene rings is 2. The van der Waals surface area contributed by atoms with Crippen LogP contribution < -0.4 is 4.74 Å². The first-order chi connectivity index (χ1) is 11.9. The van der Waals surface area contributed by atoms with Crippen molar-refractivity contribution in [1.82, 2.24) is 25.0 Å². The van der Waals surface area contributed by atoms with Crippen LogP contribution in [0.15, 0.2) is 73.2 Å². The van der Waals surface area contributed by atoms with Gasteiger partial charge >= 0.3 is 0 Å². The lowest BCUT2D eigenvalue weighted by molar-refractivity contribution is 0.301. The molecule has 0 bridgehead atoms. The number of para-hydroxylation sites is 2. The number of rotatable bonds is 5. The van der Waals surface area contributed by atoms with Crippen LogP contribution in [0.4, 0.5) is 0 Å². The van der Waals surface area contributed by atoms with Crippen LogP contribution in [0, 0.1) is 0 Å². The van der Waals surface area contributed by atoms with Crippen molar-refractivity contribution >= 4 is 0 Å². The molecule has 0 amide bonds. The molecule has 1 N–H and O–H groups in total. The summed E-state index contributed by atoms with van der Waals surface area (Å²) in [7, 11) is 0. The van der Waals surface area contributed by atoms with Crippen LogP contribution in [-0.4, -0.2) is 25.0 Å². The minimum Gasteiger partial charge on any atom is -0.486 e. The van der Waals surface area contributed by atoms with Gasteiger partial charge in [0.05, 0.1) is 11.3 Å². The summed E-state index contributed by atoms with van der Waals surface area (Å²) in [6.45, 7) is 0.380. The Balaban J connectivity index is 1.51. The summed E-state index contributed by atoms with van der Waals surface area (Å²) in [6.07, 6.45) is 3.41. The van der Waals surface area contributed by atoms with Gasteiger partial charge in [0.1, 0.15) is 24.4 Å². The third-order valence-electron chi connectivity index (χ3n) is 3.60. The maximum Gasteiger partial charge on any atom is 0.159 e. The van der Waals surface area contributed by atoms with E-state index in [1.54, 1.807) is 0 Å². The van der Waals surface area contributed by atoms with Crippen molar-refractivity contribution in [3.63, 3.8) is 0 Å². The van der Waals surface area contributed by atoms with Crippen molar-refractivity contribution in [3.8, 4) is 22.8 Å². The molecule has 6 nitrogen and oxygen atoms in total. The summed E-state index contributed by atoms with van der Waals surface area (Å²) in [5.41, 5.74) is 2.74. The predicted octanol–water partition coefficient (Wildman–Crippen LogP) is 3.24. The molecule has 0 saturated heterocycles. The van der Waals surface area contributed by atoms with Gasteiger partial charge in [-0.25, -0.2) is 9.67 Å². The summed E-state index contributed by atoms with van der Waals surface area (Å²) in [6, 6.07) is 19.6. The Morgan fingerprint density at radius 1 is 0.958 bits per heavy atom. The monoisotopic (exact) mass is 317 g/mol. The molecule has 2 aromatic carbocycles. The largest absolute Gasteiger partial charge is 0.486 e. The highest BCUT2D eigenvalue weighted by molar-refractivity contribution is 5.63. The molecule has 24 heavy (non-hydrogen) atoms. The molecule has 0 aliphatic heterocycles. The zero-order valence-corrected chi connectivity index (χ0v) is 12.8. The fraction of sp³-hybridized carbons (Fsp3) is 0.0556. The molecule has 0 aliphatic rings. The Kier molecular flexibility index (Phi) is 3.77. The summed E-state index contributed by atoms with van der Waals surface area (Å²) in [5.74, 6) is 1.42. The second-order valence-electron chi connectivity index (χ2n) is 5.21. The summed E-state index contributed by atoms with van der Waals surface area (Å²) < 4.78 is 7.77. The average molecular weight is 317 g/mol. The molecule has 0 atom stereocenters. The highest BCUT2D eigenvalue weighted by Crippen LogP contribution is 2.27. The molecule has 0 spiro atoms. The van der Waals surface area contributed by atoms with E-state index in [9.17, 15) is 0 Å². The Morgan fingerprint density at radius 3 is 2.62 bits per heavy atom. The fourth-order valence-corrected chi connectivity index (χ4v) is 2.44. The van der Waals surface area contributed by atoms with Gasteiger partial charge in [-0.3, -0.25) is 5.10 Å². The zero-order chi connectivity index (χ0) is 16.2. The van der Waals surface area contributed by atoms with E-state index < -0.39 is 0 Å². The van der Waals surface area contributed by atoms with Gasteiger partial charge in [0, 0.05) is 6.20 Å². The topological polar surface area (TPSA) is 68.6 Å². The Morgan fingerprint density at radius 2 is 1.79 bits per heavy atom. The highest BCUT2D eigenvalue weighted by Gasteiger charge is 2.09. The number of nitrogens with one attached hydrogen (secondary N) is 1. The number of ether oxygens (including phenoxy) is 1. The molecule has 118 valence electrons. The Labute approximate surface area is 138 Å². The van der Waals surface area contributed by atoms with Crippen LogP contribution in [0.25, 0.3) is 17.1 Å². The number of aromatic nitrogens is 5. The van der Waals surface area contributed by atoms with E-state index >= 15 is 0 Å². The van der Waals surface area contributed by atoms with Gasteiger partial charge < -0.3 is 4.74 Å². The molecule has 2 aromatic heterocycles. The van der Waals surface area contributed by atoms with E-state index in [0.717, 1.165) is 22.7 Å². The van der Waals surface area contributed by atoms with Gasteiger partial charge in [-0.15, -0.1) is 0 Å². The smallest absolute Gasteiger partial charge is 0.159 e. The molecular formula is C18H15N5O. The van der Waals surface area contributed by atoms with Gasteiger partial charge in [-0.2, -0.15) is 10.2 Å². The van der Waals surface area contributed by atoms with E-state index in [1.807, 2.05) is 71.5 Å². The number of H-pyrrole nitrogens is 1. The van der Waals surface area contributed by atoms with E-state index in [2.05, 4.69) is 20.3 Å². The second-order valence-corrected chi connectivity index (χ2v) is 5.21. The number of hydrogen-bond donors (Lipinski definition) is 1. The van der Waals surface area contributed by atoms with E-state index in [1.165, 1.54) is 6.33 Å². The lowest BCUT2D eigenvalue weighted by atomic mass is 10.2. The van der Waals surface area contributed by atoms with Gasteiger partial charge in [0.25, 0.3) is 0 Å². The average Bonchev–Trinajstić information content (AvgIpc) is 3.33. The number of aromatic amines is 1. The highest BCUT2D eigenvalue weighted by atomic mass is 16.5. The van der Waals surface area contributed by atoms with E-state index in [4.69, 9.17) is 4.74 Å². The minimum absolute atomic E-state index is 0.380. The van der Waals surface area contributed by atoms with Crippen molar-refractivity contribution in [3.05, 3.63) is 78.9 Å². The van der Waals surface area contributed by atoms with E-state index in [-0.39, 0.29) is 0 Å². The van der Waals surface area contributed by atoms with Crippen LogP contribution in [0.1, 0.15) is 5.69 Å². The minimum atomic E-state index is 0.380. The normalized spacial score (nSPS) is 10.7. The third-order valence-corrected chi connectivity index (χ3v) is 3.60.